The lowest BCUT2D eigenvalue weighted by Crippen LogP contribution is -2.46. The Kier molecular flexibility index (Phi) is 4.91. The van der Waals surface area contributed by atoms with Crippen LogP contribution in [0.25, 0.3) is 0 Å². The van der Waals surface area contributed by atoms with Crippen molar-refractivity contribution in [2.24, 2.45) is 5.73 Å². The summed E-state index contributed by atoms with van der Waals surface area (Å²) in [6.07, 6.45) is 1.01. The van der Waals surface area contributed by atoms with Gasteiger partial charge in [0.1, 0.15) is 14.9 Å². The van der Waals surface area contributed by atoms with Gasteiger partial charge in [-0.3, -0.25) is 0 Å². The minimum Gasteiger partial charge on any atom is -0.358 e. The number of nitrogens with two attached hydrogens (primary N) is 1. The molecule has 0 bridgehead atoms. The zero-order chi connectivity index (χ0) is 8.91. The predicted molar refractivity (Wildman–Crippen MR) is 49.2 cm³/mol. The summed E-state index contributed by atoms with van der Waals surface area (Å²) in [5, 5.41) is 0. The van der Waals surface area contributed by atoms with E-state index in [0.717, 1.165) is 6.42 Å². The van der Waals surface area contributed by atoms with Crippen molar-refractivity contribution in [3.8, 4) is 0 Å². The second kappa shape index (κ2) is 4.87. The van der Waals surface area contributed by atoms with Gasteiger partial charge >= 0.3 is 0 Å². The van der Waals surface area contributed by atoms with Crippen LogP contribution < -0.4 is 5.73 Å². The molecule has 1 unspecified atom stereocenters. The second-order valence-corrected chi connectivity index (χ2v) is 5.66. The third-order valence-corrected chi connectivity index (χ3v) is 4.44. The standard InChI is InChI=1S/C7H19NO2Si/c1-5-6(8)11-7(2,9-3)10-4/h6H,5,8,11H2,1-4H3. The Balaban J connectivity index is 3.86. The molecule has 11 heavy (non-hydrogen) atoms. The molecule has 1 atom stereocenters. The van der Waals surface area contributed by atoms with Crippen LogP contribution in [0.5, 0.6) is 0 Å². The lowest BCUT2D eigenvalue weighted by atomic mass is 10.5. The summed E-state index contributed by atoms with van der Waals surface area (Å²) in [6.45, 7) is 4.04. The van der Waals surface area contributed by atoms with Gasteiger partial charge in [0.2, 0.25) is 0 Å². The Hall–Kier alpha value is 0.0969. The predicted octanol–water partition coefficient (Wildman–Crippen LogP) is -0.184. The van der Waals surface area contributed by atoms with Gasteiger partial charge in [0.15, 0.2) is 0 Å². The van der Waals surface area contributed by atoms with Gasteiger partial charge in [0.25, 0.3) is 0 Å². The van der Waals surface area contributed by atoms with Crippen LogP contribution in [-0.4, -0.2) is 34.8 Å². The average Bonchev–Trinajstić information content (AvgIpc) is 2.04. The number of hydrogen-bond acceptors (Lipinski definition) is 3. The monoisotopic (exact) mass is 177 g/mol. The van der Waals surface area contributed by atoms with E-state index in [4.69, 9.17) is 15.2 Å². The van der Waals surface area contributed by atoms with Crippen LogP contribution in [0.3, 0.4) is 0 Å². The maximum absolute atomic E-state index is 5.81. The Morgan fingerprint density at radius 2 is 1.91 bits per heavy atom. The topological polar surface area (TPSA) is 44.5 Å². The summed E-state index contributed by atoms with van der Waals surface area (Å²) in [5.41, 5.74) is 5.72. The van der Waals surface area contributed by atoms with Gasteiger partial charge in [-0.25, -0.2) is 0 Å². The molecule has 0 aliphatic heterocycles. The zero-order valence-electron chi connectivity index (χ0n) is 7.89. The first-order valence-electron chi connectivity index (χ1n) is 3.94. The molecule has 0 saturated heterocycles. The fourth-order valence-corrected chi connectivity index (χ4v) is 2.45. The Morgan fingerprint density at radius 1 is 1.45 bits per heavy atom. The quantitative estimate of drug-likeness (QED) is 0.468. The molecule has 0 amide bonds. The number of hydrogen-bond donors (Lipinski definition) is 1. The van der Waals surface area contributed by atoms with E-state index in [2.05, 4.69) is 6.92 Å². The van der Waals surface area contributed by atoms with E-state index in [9.17, 15) is 0 Å². The fraction of sp³-hybridized carbons (Fsp3) is 1.00. The molecule has 0 radical (unpaired) electrons. The Morgan fingerprint density at radius 3 is 2.18 bits per heavy atom. The highest BCUT2D eigenvalue weighted by atomic mass is 28.2. The zero-order valence-corrected chi connectivity index (χ0v) is 9.30. The molecule has 68 valence electrons. The normalized spacial score (nSPS) is 16.1. The van der Waals surface area contributed by atoms with Gasteiger partial charge in [0, 0.05) is 14.2 Å². The van der Waals surface area contributed by atoms with Crippen molar-refractivity contribution in [1.29, 1.82) is 0 Å². The van der Waals surface area contributed by atoms with Gasteiger partial charge in [-0.15, -0.1) is 0 Å². The fourth-order valence-electron chi connectivity index (χ4n) is 0.871. The van der Waals surface area contributed by atoms with E-state index in [1.807, 2.05) is 6.92 Å². The van der Waals surface area contributed by atoms with E-state index in [-0.39, 0.29) is 5.41 Å². The lowest BCUT2D eigenvalue weighted by molar-refractivity contribution is -0.131. The molecule has 0 aliphatic carbocycles. The molecule has 0 aromatic carbocycles. The average molecular weight is 177 g/mol. The van der Waals surface area contributed by atoms with Crippen LogP contribution in [0.15, 0.2) is 0 Å². The third-order valence-electron chi connectivity index (χ3n) is 2.02. The van der Waals surface area contributed by atoms with Gasteiger partial charge in [0.05, 0.1) is 0 Å². The van der Waals surface area contributed by atoms with Gasteiger partial charge < -0.3 is 15.2 Å². The molecule has 0 heterocycles. The molecule has 4 heteroatoms. The van der Waals surface area contributed by atoms with Crippen molar-refractivity contribution in [2.75, 3.05) is 14.2 Å². The van der Waals surface area contributed by atoms with Crippen LogP contribution in [0.1, 0.15) is 20.3 Å². The Bertz CT molecular complexity index is 107. The molecular formula is C7H19NO2Si. The van der Waals surface area contributed by atoms with Crippen LogP contribution >= 0.6 is 0 Å². The van der Waals surface area contributed by atoms with Crippen molar-refractivity contribution < 1.29 is 9.47 Å². The first kappa shape index (κ1) is 11.1. The van der Waals surface area contributed by atoms with E-state index in [1.54, 1.807) is 14.2 Å². The molecule has 0 spiro atoms. The Labute approximate surface area is 71.1 Å². The largest absolute Gasteiger partial charge is 0.358 e. The van der Waals surface area contributed by atoms with E-state index >= 15 is 0 Å². The molecule has 0 fully saturated rings. The molecule has 2 N–H and O–H groups in total. The van der Waals surface area contributed by atoms with Crippen molar-refractivity contribution >= 4 is 9.52 Å². The number of rotatable bonds is 5. The minimum absolute atomic E-state index is 0.292. The molecular weight excluding hydrogens is 158 g/mol. The van der Waals surface area contributed by atoms with E-state index in [0.29, 0.717) is 5.67 Å². The van der Waals surface area contributed by atoms with E-state index < -0.39 is 9.52 Å². The highest BCUT2D eigenvalue weighted by molar-refractivity contribution is 6.40. The minimum atomic E-state index is -0.514. The highest BCUT2D eigenvalue weighted by Crippen LogP contribution is 2.09. The van der Waals surface area contributed by atoms with Crippen molar-refractivity contribution in [1.82, 2.24) is 0 Å². The second-order valence-electron chi connectivity index (χ2n) is 2.91. The maximum Gasteiger partial charge on any atom is 0.143 e. The van der Waals surface area contributed by atoms with Crippen LogP contribution in [0, 0.1) is 0 Å². The third kappa shape index (κ3) is 3.86. The molecule has 0 rings (SSSR count). The number of ether oxygens (including phenoxy) is 2. The molecule has 0 aromatic heterocycles. The highest BCUT2D eigenvalue weighted by Gasteiger charge is 2.25. The first-order chi connectivity index (χ1) is 5.08. The molecule has 0 saturated carbocycles. The van der Waals surface area contributed by atoms with Crippen LogP contribution in [0.4, 0.5) is 0 Å². The summed E-state index contributed by atoms with van der Waals surface area (Å²) in [4.78, 5) is 0. The van der Waals surface area contributed by atoms with Crippen LogP contribution in [-0.2, 0) is 9.47 Å². The van der Waals surface area contributed by atoms with Gasteiger partial charge in [-0.05, 0) is 19.0 Å². The van der Waals surface area contributed by atoms with Crippen molar-refractivity contribution in [2.45, 2.75) is 31.3 Å². The molecule has 0 aromatic rings. The smallest absolute Gasteiger partial charge is 0.143 e. The van der Waals surface area contributed by atoms with Crippen LogP contribution in [0.2, 0.25) is 0 Å². The first-order valence-corrected chi connectivity index (χ1v) is 5.46. The van der Waals surface area contributed by atoms with Crippen molar-refractivity contribution in [3.05, 3.63) is 0 Å². The summed E-state index contributed by atoms with van der Waals surface area (Å²) >= 11 is 0. The summed E-state index contributed by atoms with van der Waals surface area (Å²) in [6, 6.07) is 0. The number of methoxy groups -OCH3 is 2. The summed E-state index contributed by atoms with van der Waals surface area (Å²) in [7, 11) is 2.82. The van der Waals surface area contributed by atoms with Crippen molar-refractivity contribution in [3.63, 3.8) is 0 Å². The lowest BCUT2D eigenvalue weighted by Gasteiger charge is -2.28. The SMILES string of the molecule is CCC(N)[SiH2]C(C)(OC)OC. The molecule has 3 nitrogen and oxygen atoms in total. The maximum atomic E-state index is 5.81. The molecule has 0 aliphatic rings. The summed E-state index contributed by atoms with van der Waals surface area (Å²) < 4.78 is 10.4. The van der Waals surface area contributed by atoms with Gasteiger partial charge in [-0.1, -0.05) is 6.92 Å². The van der Waals surface area contributed by atoms with E-state index in [1.165, 1.54) is 0 Å². The summed E-state index contributed by atoms with van der Waals surface area (Å²) in [5.74, 6) is 0. The van der Waals surface area contributed by atoms with Gasteiger partial charge in [-0.2, -0.15) is 0 Å².